The Morgan fingerprint density at radius 1 is 1.50 bits per heavy atom. The molecular weight excluding hydrogens is 244 g/mol. The summed E-state index contributed by atoms with van der Waals surface area (Å²) in [5, 5.41) is 13.5. The van der Waals surface area contributed by atoms with Crippen LogP contribution in [0.3, 0.4) is 0 Å². The summed E-state index contributed by atoms with van der Waals surface area (Å²) in [5.41, 5.74) is 2.04. The molecule has 0 aliphatic rings. The third-order valence-corrected chi connectivity index (χ3v) is 3.37. The average molecular weight is 261 g/mol. The smallest absolute Gasteiger partial charge is 0.0738 e. The van der Waals surface area contributed by atoms with Gasteiger partial charge in [0.05, 0.1) is 15.9 Å². The van der Waals surface area contributed by atoms with Crippen LogP contribution in [0.4, 0.5) is 0 Å². The van der Waals surface area contributed by atoms with Crippen molar-refractivity contribution in [2.24, 2.45) is 12.5 Å². The quantitative estimate of drug-likeness (QED) is 0.904. The molecule has 4 heteroatoms. The Balaban J connectivity index is 2.97. The van der Waals surface area contributed by atoms with Crippen LogP contribution in [0.15, 0.2) is 4.47 Å². The number of aromatic nitrogens is 2. The van der Waals surface area contributed by atoms with E-state index in [1.165, 1.54) is 0 Å². The highest BCUT2D eigenvalue weighted by Gasteiger charge is 2.22. The first-order valence-electron chi connectivity index (χ1n) is 4.66. The second kappa shape index (κ2) is 4.03. The summed E-state index contributed by atoms with van der Waals surface area (Å²) in [6.07, 6.45) is 0.821. The third kappa shape index (κ3) is 2.36. The molecule has 0 fully saturated rings. The molecule has 0 saturated heterocycles. The van der Waals surface area contributed by atoms with Gasteiger partial charge in [0.1, 0.15) is 0 Å². The van der Waals surface area contributed by atoms with Crippen LogP contribution in [0.25, 0.3) is 0 Å². The first-order valence-corrected chi connectivity index (χ1v) is 5.45. The second-order valence-electron chi connectivity index (χ2n) is 4.47. The monoisotopic (exact) mass is 260 g/mol. The van der Waals surface area contributed by atoms with Gasteiger partial charge in [-0.05, 0) is 34.7 Å². The molecular formula is C10H17BrN2O. The standard InChI is InChI=1S/C10H17BrN2O/c1-7-9(11)8(13(4)12-7)5-10(2,3)6-14/h14H,5-6H2,1-4H3. The summed E-state index contributed by atoms with van der Waals surface area (Å²) >= 11 is 3.52. The van der Waals surface area contributed by atoms with E-state index in [2.05, 4.69) is 21.0 Å². The first-order chi connectivity index (χ1) is 6.37. The Morgan fingerprint density at radius 3 is 2.43 bits per heavy atom. The lowest BCUT2D eigenvalue weighted by Gasteiger charge is -2.21. The van der Waals surface area contributed by atoms with Gasteiger partial charge in [-0.3, -0.25) is 4.68 Å². The Kier molecular flexibility index (Phi) is 3.37. The van der Waals surface area contributed by atoms with Gasteiger partial charge < -0.3 is 5.11 Å². The molecule has 1 aromatic heterocycles. The number of rotatable bonds is 3. The van der Waals surface area contributed by atoms with Gasteiger partial charge >= 0.3 is 0 Å². The minimum absolute atomic E-state index is 0.0945. The number of nitrogens with zero attached hydrogens (tertiary/aromatic N) is 2. The number of aliphatic hydroxyl groups excluding tert-OH is 1. The van der Waals surface area contributed by atoms with E-state index >= 15 is 0 Å². The Morgan fingerprint density at radius 2 is 2.07 bits per heavy atom. The van der Waals surface area contributed by atoms with E-state index in [9.17, 15) is 5.11 Å². The Hall–Kier alpha value is -0.350. The number of hydrogen-bond acceptors (Lipinski definition) is 2. The van der Waals surface area contributed by atoms with E-state index in [0.29, 0.717) is 0 Å². The SMILES string of the molecule is Cc1nn(C)c(CC(C)(C)CO)c1Br. The van der Waals surface area contributed by atoms with Crippen LogP contribution >= 0.6 is 15.9 Å². The van der Waals surface area contributed by atoms with Crippen LogP contribution in [0.5, 0.6) is 0 Å². The van der Waals surface area contributed by atoms with E-state index in [1.54, 1.807) is 0 Å². The van der Waals surface area contributed by atoms with Crippen LogP contribution in [0.2, 0.25) is 0 Å². The van der Waals surface area contributed by atoms with E-state index in [1.807, 2.05) is 32.5 Å². The van der Waals surface area contributed by atoms with Gasteiger partial charge in [0.25, 0.3) is 0 Å². The van der Waals surface area contributed by atoms with Gasteiger partial charge in [0.15, 0.2) is 0 Å². The molecule has 0 aliphatic carbocycles. The molecule has 1 rings (SSSR count). The lowest BCUT2D eigenvalue weighted by molar-refractivity contribution is 0.157. The molecule has 0 bridgehead atoms. The topological polar surface area (TPSA) is 38.0 Å². The van der Waals surface area contributed by atoms with Crippen LogP contribution < -0.4 is 0 Å². The van der Waals surface area contributed by atoms with Crippen molar-refractivity contribution in [1.29, 1.82) is 0 Å². The molecule has 0 aromatic carbocycles. The molecule has 1 aromatic rings. The van der Waals surface area contributed by atoms with Crippen LogP contribution in [-0.4, -0.2) is 21.5 Å². The number of aryl methyl sites for hydroxylation is 2. The minimum atomic E-state index is -0.0945. The van der Waals surface area contributed by atoms with E-state index in [0.717, 1.165) is 22.3 Å². The van der Waals surface area contributed by atoms with Gasteiger partial charge in [-0.2, -0.15) is 5.10 Å². The minimum Gasteiger partial charge on any atom is -0.396 e. The lowest BCUT2D eigenvalue weighted by Crippen LogP contribution is -2.21. The third-order valence-electron chi connectivity index (χ3n) is 2.34. The normalized spacial score (nSPS) is 12.1. The molecule has 3 nitrogen and oxygen atoms in total. The van der Waals surface area contributed by atoms with Crippen molar-refractivity contribution in [3.8, 4) is 0 Å². The largest absolute Gasteiger partial charge is 0.396 e. The predicted octanol–water partition coefficient (Wildman–Crippen LogP) is 2.05. The highest BCUT2D eigenvalue weighted by atomic mass is 79.9. The van der Waals surface area contributed by atoms with Crippen molar-refractivity contribution in [3.05, 3.63) is 15.9 Å². The molecule has 0 atom stereocenters. The van der Waals surface area contributed by atoms with Crippen molar-refractivity contribution in [3.63, 3.8) is 0 Å². The van der Waals surface area contributed by atoms with Crippen molar-refractivity contribution in [2.75, 3.05) is 6.61 Å². The van der Waals surface area contributed by atoms with Crippen molar-refractivity contribution in [1.82, 2.24) is 9.78 Å². The van der Waals surface area contributed by atoms with Crippen LogP contribution in [-0.2, 0) is 13.5 Å². The van der Waals surface area contributed by atoms with E-state index in [-0.39, 0.29) is 12.0 Å². The summed E-state index contributed by atoms with van der Waals surface area (Å²) in [4.78, 5) is 0. The highest BCUT2D eigenvalue weighted by Crippen LogP contribution is 2.27. The molecule has 0 unspecified atom stereocenters. The van der Waals surface area contributed by atoms with Crippen LogP contribution in [0.1, 0.15) is 25.2 Å². The summed E-state index contributed by atoms with van der Waals surface area (Å²) in [5.74, 6) is 0. The summed E-state index contributed by atoms with van der Waals surface area (Å²) in [6, 6.07) is 0. The number of hydrogen-bond donors (Lipinski definition) is 1. The molecule has 80 valence electrons. The van der Waals surface area contributed by atoms with Crippen molar-refractivity contribution >= 4 is 15.9 Å². The Bertz CT molecular complexity index is 331. The van der Waals surface area contributed by atoms with Crippen molar-refractivity contribution in [2.45, 2.75) is 27.2 Å². The maximum atomic E-state index is 9.20. The summed E-state index contributed by atoms with van der Waals surface area (Å²) in [7, 11) is 1.93. The summed E-state index contributed by atoms with van der Waals surface area (Å²) < 4.78 is 2.93. The zero-order valence-electron chi connectivity index (χ0n) is 9.13. The van der Waals surface area contributed by atoms with Crippen LogP contribution in [0, 0.1) is 12.3 Å². The van der Waals surface area contributed by atoms with Gasteiger partial charge in [-0.1, -0.05) is 13.8 Å². The molecule has 0 amide bonds. The molecule has 1 heterocycles. The average Bonchev–Trinajstić information content (AvgIpc) is 2.32. The predicted molar refractivity (Wildman–Crippen MR) is 60.2 cm³/mol. The molecule has 1 N–H and O–H groups in total. The van der Waals surface area contributed by atoms with Gasteiger partial charge in [-0.15, -0.1) is 0 Å². The second-order valence-corrected chi connectivity index (χ2v) is 5.26. The summed E-state index contributed by atoms with van der Waals surface area (Å²) in [6.45, 7) is 6.24. The van der Waals surface area contributed by atoms with Gasteiger partial charge in [0.2, 0.25) is 0 Å². The van der Waals surface area contributed by atoms with Gasteiger partial charge in [-0.25, -0.2) is 0 Å². The van der Waals surface area contributed by atoms with Gasteiger partial charge in [0, 0.05) is 13.7 Å². The zero-order valence-corrected chi connectivity index (χ0v) is 10.7. The highest BCUT2D eigenvalue weighted by molar-refractivity contribution is 9.10. The molecule has 14 heavy (non-hydrogen) atoms. The molecule has 0 spiro atoms. The van der Waals surface area contributed by atoms with E-state index < -0.39 is 0 Å². The maximum absolute atomic E-state index is 9.20. The zero-order chi connectivity index (χ0) is 10.9. The fourth-order valence-corrected chi connectivity index (χ4v) is 1.86. The van der Waals surface area contributed by atoms with E-state index in [4.69, 9.17) is 0 Å². The fourth-order valence-electron chi connectivity index (χ4n) is 1.38. The Labute approximate surface area is 93.3 Å². The molecule has 0 radical (unpaired) electrons. The lowest BCUT2D eigenvalue weighted by atomic mass is 9.89. The number of aliphatic hydroxyl groups is 1. The van der Waals surface area contributed by atoms with Crippen molar-refractivity contribution < 1.29 is 5.11 Å². The maximum Gasteiger partial charge on any atom is 0.0738 e. The fraction of sp³-hybridized carbons (Fsp3) is 0.700. The molecule has 0 aliphatic heterocycles. The first kappa shape index (κ1) is 11.7. The number of halogens is 1. The molecule has 0 saturated carbocycles.